The molecule has 0 amide bonds. The third kappa shape index (κ3) is 6.36. The van der Waals surface area contributed by atoms with Gasteiger partial charge < -0.3 is 14.8 Å². The normalized spacial score (nSPS) is 18.4. The van der Waals surface area contributed by atoms with Crippen molar-refractivity contribution in [2.75, 3.05) is 20.3 Å². The van der Waals surface area contributed by atoms with E-state index in [0.29, 0.717) is 25.0 Å². The number of hydrogen-bond donors (Lipinski definition) is 1. The number of carbonyl (C=O) groups excluding carboxylic acids is 1. The minimum atomic E-state index is -0.205. The first-order valence-electron chi connectivity index (χ1n) is 7.09. The molecule has 0 radical (unpaired) electrons. The van der Waals surface area contributed by atoms with Gasteiger partial charge in [-0.2, -0.15) is 0 Å². The average Bonchev–Trinajstić information content (AvgIpc) is 3.16. The molecule has 2 unspecified atom stereocenters. The smallest absolute Gasteiger partial charge is 0.322 e. The van der Waals surface area contributed by atoms with Crippen molar-refractivity contribution in [2.24, 2.45) is 5.92 Å². The zero-order valence-corrected chi connectivity index (χ0v) is 11.9. The molecule has 0 heterocycles. The predicted molar refractivity (Wildman–Crippen MR) is 71.5 cm³/mol. The van der Waals surface area contributed by atoms with Gasteiger partial charge in [-0.15, -0.1) is 0 Å². The number of rotatable bonds is 10. The van der Waals surface area contributed by atoms with Crippen LogP contribution in [-0.4, -0.2) is 38.4 Å². The van der Waals surface area contributed by atoms with E-state index in [0.717, 1.165) is 6.61 Å². The first kappa shape index (κ1) is 15.4. The maximum absolute atomic E-state index is 11.6. The number of nitrogens with one attached hydrogen (secondary N) is 1. The molecule has 0 aromatic rings. The molecule has 1 N–H and O–H groups in total. The maximum Gasteiger partial charge on any atom is 0.322 e. The van der Waals surface area contributed by atoms with Gasteiger partial charge >= 0.3 is 5.97 Å². The molecular formula is C14H27NO3. The SMILES string of the molecule is CCCC(C)COCCC(NC1CC1)C(=O)OC. The molecule has 2 atom stereocenters. The first-order valence-corrected chi connectivity index (χ1v) is 7.09. The molecular weight excluding hydrogens is 230 g/mol. The molecule has 0 saturated heterocycles. The Morgan fingerprint density at radius 3 is 2.67 bits per heavy atom. The third-order valence-electron chi connectivity index (χ3n) is 3.23. The second kappa shape index (κ2) is 8.48. The fraction of sp³-hybridized carbons (Fsp3) is 0.929. The van der Waals surface area contributed by atoms with Crippen molar-refractivity contribution in [2.45, 2.75) is 58.0 Å². The third-order valence-corrected chi connectivity index (χ3v) is 3.23. The van der Waals surface area contributed by atoms with Crippen molar-refractivity contribution in [3.8, 4) is 0 Å². The van der Waals surface area contributed by atoms with E-state index in [2.05, 4.69) is 19.2 Å². The van der Waals surface area contributed by atoms with Gasteiger partial charge in [-0.05, 0) is 31.6 Å². The average molecular weight is 257 g/mol. The van der Waals surface area contributed by atoms with Crippen LogP contribution >= 0.6 is 0 Å². The lowest BCUT2D eigenvalue weighted by Crippen LogP contribution is -2.39. The van der Waals surface area contributed by atoms with E-state index >= 15 is 0 Å². The Labute approximate surface area is 110 Å². The lowest BCUT2D eigenvalue weighted by atomic mass is 10.1. The van der Waals surface area contributed by atoms with E-state index in [-0.39, 0.29) is 12.0 Å². The van der Waals surface area contributed by atoms with Crippen molar-refractivity contribution in [3.05, 3.63) is 0 Å². The number of esters is 1. The van der Waals surface area contributed by atoms with Gasteiger partial charge in [-0.25, -0.2) is 0 Å². The minimum Gasteiger partial charge on any atom is -0.468 e. The largest absolute Gasteiger partial charge is 0.468 e. The summed E-state index contributed by atoms with van der Waals surface area (Å²) in [5.41, 5.74) is 0. The molecule has 0 bridgehead atoms. The summed E-state index contributed by atoms with van der Waals surface area (Å²) < 4.78 is 10.4. The quantitative estimate of drug-likeness (QED) is 0.481. The van der Waals surface area contributed by atoms with Crippen LogP contribution in [0.4, 0.5) is 0 Å². The summed E-state index contributed by atoms with van der Waals surface area (Å²) >= 11 is 0. The van der Waals surface area contributed by atoms with Crippen molar-refractivity contribution >= 4 is 5.97 Å². The van der Waals surface area contributed by atoms with Crippen LogP contribution in [0.2, 0.25) is 0 Å². The Morgan fingerprint density at radius 1 is 1.39 bits per heavy atom. The Morgan fingerprint density at radius 2 is 2.11 bits per heavy atom. The Hall–Kier alpha value is -0.610. The summed E-state index contributed by atoms with van der Waals surface area (Å²) in [6.07, 6.45) is 5.42. The highest BCUT2D eigenvalue weighted by molar-refractivity contribution is 5.75. The van der Waals surface area contributed by atoms with E-state index in [1.54, 1.807) is 0 Å². The van der Waals surface area contributed by atoms with Gasteiger partial charge in [0.15, 0.2) is 0 Å². The summed E-state index contributed by atoms with van der Waals surface area (Å²) in [5, 5.41) is 3.30. The van der Waals surface area contributed by atoms with Crippen LogP contribution in [0.25, 0.3) is 0 Å². The highest BCUT2D eigenvalue weighted by Crippen LogP contribution is 2.20. The van der Waals surface area contributed by atoms with E-state index in [1.807, 2.05) is 0 Å². The lowest BCUT2D eigenvalue weighted by molar-refractivity contribution is -0.143. The highest BCUT2D eigenvalue weighted by atomic mass is 16.5. The molecule has 4 heteroatoms. The van der Waals surface area contributed by atoms with E-state index in [1.165, 1.54) is 32.8 Å². The molecule has 1 aliphatic rings. The van der Waals surface area contributed by atoms with Crippen molar-refractivity contribution in [1.82, 2.24) is 5.32 Å². The first-order chi connectivity index (χ1) is 8.67. The summed E-state index contributed by atoms with van der Waals surface area (Å²) in [4.78, 5) is 11.6. The molecule has 1 fully saturated rings. The van der Waals surface area contributed by atoms with Crippen LogP contribution < -0.4 is 5.32 Å². The minimum absolute atomic E-state index is 0.174. The van der Waals surface area contributed by atoms with Gasteiger partial charge in [0.1, 0.15) is 6.04 Å². The number of methoxy groups -OCH3 is 1. The highest BCUT2D eigenvalue weighted by Gasteiger charge is 2.28. The summed E-state index contributed by atoms with van der Waals surface area (Å²) in [6.45, 7) is 5.78. The maximum atomic E-state index is 11.6. The zero-order valence-electron chi connectivity index (χ0n) is 11.9. The number of carbonyl (C=O) groups is 1. The standard InChI is InChI=1S/C14H27NO3/c1-4-5-11(2)10-18-9-8-13(14(16)17-3)15-12-6-7-12/h11-13,15H,4-10H2,1-3H3. The molecule has 4 nitrogen and oxygen atoms in total. The Kier molecular flexibility index (Phi) is 7.28. The topological polar surface area (TPSA) is 47.6 Å². The van der Waals surface area contributed by atoms with Crippen LogP contribution in [0.1, 0.15) is 46.0 Å². The molecule has 1 saturated carbocycles. The fourth-order valence-electron chi connectivity index (χ4n) is 2.01. The van der Waals surface area contributed by atoms with Crippen LogP contribution in [0.3, 0.4) is 0 Å². The molecule has 106 valence electrons. The fourth-order valence-corrected chi connectivity index (χ4v) is 2.01. The molecule has 1 aliphatic carbocycles. The van der Waals surface area contributed by atoms with Crippen LogP contribution in [-0.2, 0) is 14.3 Å². The van der Waals surface area contributed by atoms with Gasteiger partial charge in [0.2, 0.25) is 0 Å². The van der Waals surface area contributed by atoms with Crippen molar-refractivity contribution in [3.63, 3.8) is 0 Å². The van der Waals surface area contributed by atoms with Gasteiger partial charge in [0.25, 0.3) is 0 Å². The molecule has 0 spiro atoms. The second-order valence-electron chi connectivity index (χ2n) is 5.27. The lowest BCUT2D eigenvalue weighted by Gasteiger charge is -2.17. The summed E-state index contributed by atoms with van der Waals surface area (Å²) in [5.74, 6) is 0.426. The number of ether oxygens (including phenoxy) is 2. The van der Waals surface area contributed by atoms with E-state index in [4.69, 9.17) is 9.47 Å². The van der Waals surface area contributed by atoms with E-state index in [9.17, 15) is 4.79 Å². The summed E-state index contributed by atoms with van der Waals surface area (Å²) in [6, 6.07) is 0.303. The molecule has 0 aromatic carbocycles. The van der Waals surface area contributed by atoms with Crippen LogP contribution in [0.5, 0.6) is 0 Å². The summed E-state index contributed by atoms with van der Waals surface area (Å²) in [7, 11) is 1.44. The van der Waals surface area contributed by atoms with Crippen LogP contribution in [0.15, 0.2) is 0 Å². The van der Waals surface area contributed by atoms with Crippen molar-refractivity contribution in [1.29, 1.82) is 0 Å². The second-order valence-corrected chi connectivity index (χ2v) is 5.27. The number of hydrogen-bond acceptors (Lipinski definition) is 4. The molecule has 0 aliphatic heterocycles. The van der Waals surface area contributed by atoms with Crippen LogP contribution in [0, 0.1) is 5.92 Å². The Bertz CT molecular complexity index is 241. The predicted octanol–water partition coefficient (Wildman–Crippen LogP) is 2.12. The zero-order chi connectivity index (χ0) is 13.4. The van der Waals surface area contributed by atoms with Gasteiger partial charge in [0.05, 0.1) is 7.11 Å². The molecule has 1 rings (SSSR count). The molecule has 0 aromatic heterocycles. The molecule has 18 heavy (non-hydrogen) atoms. The van der Waals surface area contributed by atoms with E-state index < -0.39 is 0 Å². The van der Waals surface area contributed by atoms with Gasteiger partial charge in [0, 0.05) is 19.3 Å². The van der Waals surface area contributed by atoms with Gasteiger partial charge in [-0.1, -0.05) is 20.3 Å². The van der Waals surface area contributed by atoms with Crippen molar-refractivity contribution < 1.29 is 14.3 Å². The van der Waals surface area contributed by atoms with Gasteiger partial charge in [-0.3, -0.25) is 4.79 Å². The monoisotopic (exact) mass is 257 g/mol. The Balaban J connectivity index is 2.14.